The van der Waals surface area contributed by atoms with Crippen LogP contribution < -0.4 is 0 Å². The van der Waals surface area contributed by atoms with Gasteiger partial charge in [0.05, 0.1) is 12.7 Å². The maximum atomic E-state index is 13.4. The largest absolute Gasteiger partial charge is 0.466 e. The number of hydrogen-bond donors (Lipinski definition) is 1. The average molecular weight is 275 g/mol. The van der Waals surface area contributed by atoms with Crippen molar-refractivity contribution in [1.82, 2.24) is 0 Å². The third-order valence-electron chi connectivity index (χ3n) is 2.41. The second-order valence-corrected chi connectivity index (χ2v) is 4.38. The van der Waals surface area contributed by atoms with Gasteiger partial charge in [0.25, 0.3) is 0 Å². The van der Waals surface area contributed by atoms with Gasteiger partial charge in [-0.25, -0.2) is 4.39 Å². The predicted molar refractivity (Wildman–Crippen MR) is 66.9 cm³/mol. The molecule has 1 unspecified atom stereocenters. The van der Waals surface area contributed by atoms with Crippen molar-refractivity contribution in [2.45, 2.75) is 32.3 Å². The van der Waals surface area contributed by atoms with Crippen molar-refractivity contribution in [3.63, 3.8) is 0 Å². The van der Waals surface area contributed by atoms with E-state index in [0.717, 1.165) is 6.42 Å². The Balaban J connectivity index is 2.52. The van der Waals surface area contributed by atoms with E-state index in [1.165, 1.54) is 18.2 Å². The average Bonchev–Trinajstić information content (AvgIpc) is 2.36. The summed E-state index contributed by atoms with van der Waals surface area (Å²) in [5.41, 5.74) is 0.103. The molecule has 0 saturated carbocycles. The van der Waals surface area contributed by atoms with Gasteiger partial charge in [0, 0.05) is 17.0 Å². The molecule has 0 fully saturated rings. The van der Waals surface area contributed by atoms with E-state index in [1.54, 1.807) is 0 Å². The second kappa shape index (κ2) is 7.34. The van der Waals surface area contributed by atoms with Crippen LogP contribution in [0.15, 0.2) is 18.2 Å². The molecule has 0 saturated heterocycles. The van der Waals surface area contributed by atoms with Crippen LogP contribution in [-0.4, -0.2) is 17.7 Å². The fourth-order valence-electron chi connectivity index (χ4n) is 1.47. The van der Waals surface area contributed by atoms with Crippen LogP contribution in [0.4, 0.5) is 4.39 Å². The van der Waals surface area contributed by atoms with Crippen LogP contribution in [0.1, 0.15) is 37.9 Å². The molecule has 0 heterocycles. The lowest BCUT2D eigenvalue weighted by Gasteiger charge is -2.12. The highest BCUT2D eigenvalue weighted by molar-refractivity contribution is 6.30. The topological polar surface area (TPSA) is 46.5 Å². The van der Waals surface area contributed by atoms with Gasteiger partial charge in [-0.15, -0.1) is 0 Å². The van der Waals surface area contributed by atoms with E-state index in [-0.39, 0.29) is 18.4 Å². The molecule has 0 aliphatic carbocycles. The van der Waals surface area contributed by atoms with Crippen molar-refractivity contribution in [1.29, 1.82) is 0 Å². The molecule has 0 aliphatic rings. The first-order valence-corrected chi connectivity index (χ1v) is 6.21. The molecule has 1 aromatic carbocycles. The van der Waals surface area contributed by atoms with Gasteiger partial charge in [-0.2, -0.15) is 0 Å². The van der Waals surface area contributed by atoms with E-state index in [4.69, 9.17) is 16.3 Å². The van der Waals surface area contributed by atoms with Crippen molar-refractivity contribution in [2.24, 2.45) is 0 Å². The number of hydrogen-bond acceptors (Lipinski definition) is 3. The number of benzene rings is 1. The van der Waals surface area contributed by atoms with E-state index in [9.17, 15) is 14.3 Å². The first-order chi connectivity index (χ1) is 8.54. The Morgan fingerprint density at radius 2 is 2.28 bits per heavy atom. The fraction of sp³-hybridized carbons (Fsp3) is 0.462. The minimum atomic E-state index is -1.06. The van der Waals surface area contributed by atoms with E-state index < -0.39 is 17.9 Å². The van der Waals surface area contributed by atoms with Gasteiger partial charge in [-0.05, 0) is 31.0 Å². The number of carbonyl (C=O) groups excluding carboxylic acids is 1. The molecule has 3 nitrogen and oxygen atoms in total. The third-order valence-corrected chi connectivity index (χ3v) is 2.64. The molecule has 0 spiro atoms. The monoisotopic (exact) mass is 274 g/mol. The summed E-state index contributed by atoms with van der Waals surface area (Å²) < 4.78 is 18.3. The van der Waals surface area contributed by atoms with E-state index >= 15 is 0 Å². The number of aliphatic hydroxyl groups is 1. The molecule has 100 valence electrons. The fourth-order valence-corrected chi connectivity index (χ4v) is 1.65. The first kappa shape index (κ1) is 14.9. The van der Waals surface area contributed by atoms with Crippen LogP contribution >= 0.6 is 11.6 Å². The highest BCUT2D eigenvalue weighted by Crippen LogP contribution is 2.24. The molecule has 0 bridgehead atoms. The molecule has 1 aromatic rings. The normalized spacial score (nSPS) is 12.2. The molecule has 1 N–H and O–H groups in total. The lowest BCUT2D eigenvalue weighted by atomic mass is 10.0. The van der Waals surface area contributed by atoms with Crippen LogP contribution in [0.25, 0.3) is 0 Å². The number of rotatable bonds is 6. The first-order valence-electron chi connectivity index (χ1n) is 5.83. The Kier molecular flexibility index (Phi) is 6.09. The zero-order valence-electron chi connectivity index (χ0n) is 10.2. The molecule has 5 heteroatoms. The summed E-state index contributed by atoms with van der Waals surface area (Å²) in [6, 6.07) is 3.96. The second-order valence-electron chi connectivity index (χ2n) is 3.94. The SMILES string of the molecule is CCCOC(=O)CCC(O)c1cc(Cl)ccc1F. The van der Waals surface area contributed by atoms with Gasteiger partial charge < -0.3 is 9.84 Å². The lowest BCUT2D eigenvalue weighted by molar-refractivity contribution is -0.144. The summed E-state index contributed by atoms with van der Waals surface area (Å²) >= 11 is 5.72. The summed E-state index contributed by atoms with van der Waals surface area (Å²) in [5, 5.41) is 10.1. The zero-order valence-corrected chi connectivity index (χ0v) is 10.9. The highest BCUT2D eigenvalue weighted by Gasteiger charge is 2.15. The van der Waals surface area contributed by atoms with Crippen molar-refractivity contribution in [2.75, 3.05) is 6.61 Å². The van der Waals surface area contributed by atoms with Crippen molar-refractivity contribution in [3.05, 3.63) is 34.6 Å². The number of esters is 1. The van der Waals surface area contributed by atoms with Crippen molar-refractivity contribution in [3.8, 4) is 0 Å². The van der Waals surface area contributed by atoms with Gasteiger partial charge in [0.1, 0.15) is 5.82 Å². The van der Waals surface area contributed by atoms with Gasteiger partial charge in [0.15, 0.2) is 0 Å². The van der Waals surface area contributed by atoms with Gasteiger partial charge in [-0.3, -0.25) is 4.79 Å². The number of aliphatic hydroxyl groups excluding tert-OH is 1. The zero-order chi connectivity index (χ0) is 13.5. The standard InChI is InChI=1S/C13H16ClFO3/c1-2-7-18-13(17)6-5-12(16)10-8-9(14)3-4-11(10)15/h3-4,8,12,16H,2,5-7H2,1H3. The van der Waals surface area contributed by atoms with E-state index in [2.05, 4.69) is 0 Å². The van der Waals surface area contributed by atoms with E-state index in [1.807, 2.05) is 6.92 Å². The Hall–Kier alpha value is -1.13. The Morgan fingerprint density at radius 1 is 1.56 bits per heavy atom. The number of halogens is 2. The molecule has 18 heavy (non-hydrogen) atoms. The molecule has 0 aliphatic heterocycles. The quantitative estimate of drug-likeness (QED) is 0.810. The van der Waals surface area contributed by atoms with Gasteiger partial charge in [0.2, 0.25) is 0 Å². The predicted octanol–water partition coefficient (Wildman–Crippen LogP) is 3.25. The summed E-state index contributed by atoms with van der Waals surface area (Å²) in [6.45, 7) is 2.25. The van der Waals surface area contributed by atoms with Crippen molar-refractivity contribution >= 4 is 17.6 Å². The maximum absolute atomic E-state index is 13.4. The molecular formula is C13H16ClFO3. The molecule has 0 radical (unpaired) electrons. The summed E-state index contributed by atoms with van der Waals surface area (Å²) in [7, 11) is 0. The van der Waals surface area contributed by atoms with Crippen LogP contribution in [0, 0.1) is 5.82 Å². The molecule has 1 rings (SSSR count). The maximum Gasteiger partial charge on any atom is 0.305 e. The van der Waals surface area contributed by atoms with Crippen molar-refractivity contribution < 1.29 is 19.0 Å². The molecule has 1 atom stereocenters. The Bertz CT molecular complexity index is 409. The summed E-state index contributed by atoms with van der Waals surface area (Å²) in [6.07, 6.45) is -0.151. The van der Waals surface area contributed by atoms with Gasteiger partial charge in [-0.1, -0.05) is 18.5 Å². The highest BCUT2D eigenvalue weighted by atomic mass is 35.5. The number of ether oxygens (including phenoxy) is 1. The number of carbonyl (C=O) groups is 1. The summed E-state index contributed by atoms with van der Waals surface area (Å²) in [4.78, 5) is 11.2. The van der Waals surface area contributed by atoms with Crippen LogP contribution in [-0.2, 0) is 9.53 Å². The van der Waals surface area contributed by atoms with Gasteiger partial charge >= 0.3 is 5.97 Å². The summed E-state index contributed by atoms with van der Waals surface area (Å²) in [5.74, 6) is -0.924. The molecular weight excluding hydrogens is 259 g/mol. The Morgan fingerprint density at radius 3 is 2.94 bits per heavy atom. The smallest absolute Gasteiger partial charge is 0.305 e. The third kappa shape index (κ3) is 4.63. The minimum absolute atomic E-state index is 0.0487. The van der Waals surface area contributed by atoms with Crippen LogP contribution in [0.3, 0.4) is 0 Å². The Labute approximate surface area is 111 Å². The molecule has 0 amide bonds. The van der Waals surface area contributed by atoms with Crippen LogP contribution in [0.2, 0.25) is 5.02 Å². The van der Waals surface area contributed by atoms with E-state index in [0.29, 0.717) is 11.6 Å². The van der Waals surface area contributed by atoms with Crippen LogP contribution in [0.5, 0.6) is 0 Å². The molecule has 0 aromatic heterocycles. The minimum Gasteiger partial charge on any atom is -0.466 e. The lowest BCUT2D eigenvalue weighted by Crippen LogP contribution is -2.08.